The van der Waals surface area contributed by atoms with Crippen molar-refractivity contribution < 1.29 is 4.79 Å². The molecule has 0 saturated heterocycles. The lowest BCUT2D eigenvalue weighted by atomic mass is 10.2. The van der Waals surface area contributed by atoms with Crippen LogP contribution in [-0.2, 0) is 0 Å². The van der Waals surface area contributed by atoms with E-state index in [1.54, 1.807) is 6.08 Å². The van der Waals surface area contributed by atoms with E-state index in [1.807, 2.05) is 29.6 Å². The molecule has 0 fully saturated rings. The van der Waals surface area contributed by atoms with Gasteiger partial charge in [-0.1, -0.05) is 18.2 Å². The van der Waals surface area contributed by atoms with Gasteiger partial charge in [-0.2, -0.15) is 0 Å². The number of rotatable bonds is 4. The predicted octanol–water partition coefficient (Wildman–Crippen LogP) is 3.72. The number of nitrogens with zero attached hydrogens (tertiary/aromatic N) is 1. The first-order valence-electron chi connectivity index (χ1n) is 5.56. The van der Waals surface area contributed by atoms with Gasteiger partial charge in [-0.3, -0.25) is 5.32 Å². The number of halogens is 1. The number of hydrogen-bond acceptors (Lipinski definition) is 3. The first kappa shape index (κ1) is 14.0. The number of nitrogens with one attached hydrogen (secondary N) is 2. The van der Waals surface area contributed by atoms with Crippen LogP contribution in [0.4, 0.5) is 9.93 Å². The molecule has 2 rings (SSSR count). The van der Waals surface area contributed by atoms with E-state index < -0.39 is 0 Å². The topological polar surface area (TPSA) is 54.0 Å². The monoisotopic (exact) mass is 385 g/mol. The van der Waals surface area contributed by atoms with Gasteiger partial charge in [0.2, 0.25) is 0 Å². The van der Waals surface area contributed by atoms with Crippen LogP contribution in [0.15, 0.2) is 42.3 Å². The minimum Gasteiger partial charge on any atom is -0.334 e. The number of hydrogen-bond donors (Lipinski definition) is 2. The lowest BCUT2D eigenvalue weighted by Crippen LogP contribution is -2.28. The Morgan fingerprint density at radius 2 is 2.16 bits per heavy atom. The second-order valence-corrected chi connectivity index (χ2v) is 5.77. The van der Waals surface area contributed by atoms with E-state index in [0.29, 0.717) is 11.7 Å². The summed E-state index contributed by atoms with van der Waals surface area (Å²) in [7, 11) is 0. The molecular formula is C13H12IN3OS. The average molecular weight is 385 g/mol. The quantitative estimate of drug-likeness (QED) is 0.623. The molecule has 1 aromatic carbocycles. The van der Waals surface area contributed by atoms with Crippen LogP contribution in [0.1, 0.15) is 0 Å². The number of aromatic nitrogens is 1. The molecule has 19 heavy (non-hydrogen) atoms. The van der Waals surface area contributed by atoms with Crippen LogP contribution in [0.2, 0.25) is 0 Å². The maximum absolute atomic E-state index is 11.5. The zero-order chi connectivity index (χ0) is 13.7. The number of urea groups is 1. The number of amides is 2. The van der Waals surface area contributed by atoms with Crippen LogP contribution in [0.5, 0.6) is 0 Å². The Labute approximate surface area is 129 Å². The van der Waals surface area contributed by atoms with E-state index in [2.05, 4.69) is 44.8 Å². The highest BCUT2D eigenvalue weighted by atomic mass is 127. The maximum Gasteiger partial charge on any atom is 0.321 e. The smallest absolute Gasteiger partial charge is 0.321 e. The van der Waals surface area contributed by atoms with E-state index >= 15 is 0 Å². The zero-order valence-corrected chi connectivity index (χ0v) is 13.0. The zero-order valence-electron chi connectivity index (χ0n) is 10.0. The van der Waals surface area contributed by atoms with E-state index in [1.165, 1.54) is 14.9 Å². The summed E-state index contributed by atoms with van der Waals surface area (Å²) in [6.07, 6.45) is 1.62. The molecule has 4 nitrogen and oxygen atoms in total. The van der Waals surface area contributed by atoms with Crippen LogP contribution in [0, 0.1) is 3.57 Å². The number of carbonyl (C=O) groups excluding carboxylic acids is 1. The maximum atomic E-state index is 11.5. The normalized spacial score (nSPS) is 9.95. The Morgan fingerprint density at radius 3 is 2.84 bits per heavy atom. The molecule has 2 aromatic rings. The van der Waals surface area contributed by atoms with Crippen molar-refractivity contribution in [2.75, 3.05) is 11.9 Å². The molecule has 0 spiro atoms. The van der Waals surface area contributed by atoms with Gasteiger partial charge in [0.25, 0.3) is 0 Å². The summed E-state index contributed by atoms with van der Waals surface area (Å²) in [5.74, 6) is 0. The number of anilines is 1. The summed E-state index contributed by atoms with van der Waals surface area (Å²) < 4.78 is 1.18. The standard InChI is InChI=1S/C13H12IN3OS/c1-2-7-15-12(18)17-13-16-11(8-19-13)9-3-5-10(14)6-4-9/h2-6,8H,1,7H2,(H2,15,16,17,18). The Morgan fingerprint density at radius 1 is 1.42 bits per heavy atom. The Balaban J connectivity index is 2.04. The third-order valence-corrected chi connectivity index (χ3v) is 3.75. The minimum absolute atomic E-state index is 0.275. The largest absolute Gasteiger partial charge is 0.334 e. The van der Waals surface area contributed by atoms with Gasteiger partial charge < -0.3 is 5.32 Å². The molecule has 6 heteroatoms. The van der Waals surface area contributed by atoms with Gasteiger partial charge in [-0.05, 0) is 34.7 Å². The molecule has 0 aliphatic rings. The van der Waals surface area contributed by atoms with Crippen molar-refractivity contribution in [1.82, 2.24) is 10.3 Å². The van der Waals surface area contributed by atoms with Crippen molar-refractivity contribution in [2.24, 2.45) is 0 Å². The van der Waals surface area contributed by atoms with Gasteiger partial charge in [0.05, 0.1) is 5.69 Å². The third kappa shape index (κ3) is 4.03. The SMILES string of the molecule is C=CCNC(=O)Nc1nc(-c2ccc(I)cc2)cs1. The molecule has 98 valence electrons. The van der Waals surface area contributed by atoms with Crippen LogP contribution in [-0.4, -0.2) is 17.6 Å². The highest BCUT2D eigenvalue weighted by molar-refractivity contribution is 14.1. The number of thiazole rings is 1. The van der Waals surface area contributed by atoms with Crippen molar-refractivity contribution in [2.45, 2.75) is 0 Å². The van der Waals surface area contributed by atoms with Crippen molar-refractivity contribution in [3.63, 3.8) is 0 Å². The first-order chi connectivity index (χ1) is 9.19. The Bertz CT molecular complexity index is 580. The molecule has 2 N–H and O–H groups in total. The molecule has 0 radical (unpaired) electrons. The highest BCUT2D eigenvalue weighted by Gasteiger charge is 2.07. The molecule has 0 unspecified atom stereocenters. The summed E-state index contributed by atoms with van der Waals surface area (Å²) in [5, 5.41) is 7.82. The van der Waals surface area contributed by atoms with Crippen molar-refractivity contribution >= 4 is 45.1 Å². The lowest BCUT2D eigenvalue weighted by Gasteiger charge is -2.01. The first-order valence-corrected chi connectivity index (χ1v) is 7.52. The fourth-order valence-corrected chi connectivity index (χ4v) is 2.46. The fourth-order valence-electron chi connectivity index (χ4n) is 1.39. The van der Waals surface area contributed by atoms with E-state index in [4.69, 9.17) is 0 Å². The number of benzene rings is 1. The van der Waals surface area contributed by atoms with E-state index in [9.17, 15) is 4.79 Å². The van der Waals surface area contributed by atoms with E-state index in [-0.39, 0.29) is 6.03 Å². The molecule has 0 saturated carbocycles. The van der Waals surface area contributed by atoms with Crippen LogP contribution in [0.25, 0.3) is 11.3 Å². The molecule has 0 atom stereocenters. The van der Waals surface area contributed by atoms with Crippen LogP contribution >= 0.6 is 33.9 Å². The van der Waals surface area contributed by atoms with Crippen molar-refractivity contribution in [3.05, 3.63) is 45.9 Å². The van der Waals surface area contributed by atoms with Crippen LogP contribution in [0.3, 0.4) is 0 Å². The lowest BCUT2D eigenvalue weighted by molar-refractivity contribution is 0.253. The third-order valence-electron chi connectivity index (χ3n) is 2.27. The molecular weight excluding hydrogens is 373 g/mol. The molecule has 0 aliphatic carbocycles. The van der Waals surface area contributed by atoms with Crippen molar-refractivity contribution in [3.8, 4) is 11.3 Å². The summed E-state index contributed by atoms with van der Waals surface area (Å²) in [5.41, 5.74) is 1.90. The minimum atomic E-state index is -0.275. The van der Waals surface area contributed by atoms with Gasteiger partial charge in [-0.25, -0.2) is 9.78 Å². The molecule has 1 heterocycles. The Hall–Kier alpha value is -1.41. The predicted molar refractivity (Wildman–Crippen MR) is 87.5 cm³/mol. The summed E-state index contributed by atoms with van der Waals surface area (Å²) >= 11 is 3.66. The average Bonchev–Trinajstić information content (AvgIpc) is 2.85. The van der Waals surface area contributed by atoms with Gasteiger partial charge in [0.1, 0.15) is 0 Å². The summed E-state index contributed by atoms with van der Waals surface area (Å²) in [6, 6.07) is 7.80. The van der Waals surface area contributed by atoms with Gasteiger partial charge in [0.15, 0.2) is 5.13 Å². The Kier molecular flexibility index (Phi) is 4.92. The summed E-state index contributed by atoms with van der Waals surface area (Å²) in [6.45, 7) is 3.97. The molecule has 2 amide bonds. The number of carbonyl (C=O) groups is 1. The highest BCUT2D eigenvalue weighted by Crippen LogP contribution is 2.25. The fraction of sp³-hybridized carbons (Fsp3) is 0.0769. The van der Waals surface area contributed by atoms with Gasteiger partial charge >= 0.3 is 6.03 Å². The molecule has 0 bridgehead atoms. The van der Waals surface area contributed by atoms with Gasteiger partial charge in [0, 0.05) is 21.1 Å². The summed E-state index contributed by atoms with van der Waals surface area (Å²) in [4.78, 5) is 15.8. The second-order valence-electron chi connectivity index (χ2n) is 3.67. The van der Waals surface area contributed by atoms with Crippen LogP contribution < -0.4 is 10.6 Å². The van der Waals surface area contributed by atoms with Crippen molar-refractivity contribution in [1.29, 1.82) is 0 Å². The van der Waals surface area contributed by atoms with Gasteiger partial charge in [-0.15, -0.1) is 17.9 Å². The molecule has 1 aromatic heterocycles. The molecule has 0 aliphatic heterocycles. The van der Waals surface area contributed by atoms with E-state index in [0.717, 1.165) is 11.3 Å². The second kappa shape index (κ2) is 6.67.